The molecule has 1 amide bonds. The standard InChI is InChI=1S/C14H22N2O6/c1-14(2,3)10(17)8-22-13(20)9(15)7-16-11(18)5-6-12(19)21-4/h5-6,9H,7-8,15H2,1-4H3,(H,16,18)/b6-5+/t9-/m0/s1. The lowest BCUT2D eigenvalue weighted by atomic mass is 9.91. The smallest absolute Gasteiger partial charge is 0.330 e. The molecule has 0 radical (unpaired) electrons. The first-order valence-electron chi connectivity index (χ1n) is 6.57. The van der Waals surface area contributed by atoms with E-state index in [-0.39, 0.29) is 18.9 Å². The van der Waals surface area contributed by atoms with Crippen molar-refractivity contribution in [2.45, 2.75) is 26.8 Å². The first kappa shape index (κ1) is 19.8. The van der Waals surface area contributed by atoms with Crippen LogP contribution >= 0.6 is 0 Å². The van der Waals surface area contributed by atoms with Crippen molar-refractivity contribution in [2.24, 2.45) is 11.1 Å². The number of methoxy groups -OCH3 is 1. The van der Waals surface area contributed by atoms with E-state index in [2.05, 4.69) is 10.1 Å². The zero-order chi connectivity index (χ0) is 17.3. The minimum Gasteiger partial charge on any atom is -0.466 e. The van der Waals surface area contributed by atoms with Crippen LogP contribution in [0.25, 0.3) is 0 Å². The number of amides is 1. The van der Waals surface area contributed by atoms with Crippen LogP contribution in [0.1, 0.15) is 20.8 Å². The summed E-state index contributed by atoms with van der Waals surface area (Å²) < 4.78 is 9.09. The van der Waals surface area contributed by atoms with E-state index >= 15 is 0 Å². The van der Waals surface area contributed by atoms with Crippen molar-refractivity contribution < 1.29 is 28.7 Å². The minimum atomic E-state index is -1.11. The highest BCUT2D eigenvalue weighted by Crippen LogP contribution is 2.14. The van der Waals surface area contributed by atoms with Gasteiger partial charge >= 0.3 is 11.9 Å². The van der Waals surface area contributed by atoms with E-state index in [1.807, 2.05) is 0 Å². The fourth-order valence-corrected chi connectivity index (χ4v) is 1.02. The molecular formula is C14H22N2O6. The minimum absolute atomic E-state index is 0.188. The number of ketones is 1. The lowest BCUT2D eigenvalue weighted by molar-refractivity contribution is -0.151. The molecule has 0 aliphatic heterocycles. The highest BCUT2D eigenvalue weighted by molar-refractivity contribution is 5.94. The fourth-order valence-electron chi connectivity index (χ4n) is 1.02. The number of rotatable bonds is 7. The summed E-state index contributed by atoms with van der Waals surface area (Å²) in [6.45, 7) is 4.56. The third-order valence-corrected chi connectivity index (χ3v) is 2.55. The van der Waals surface area contributed by atoms with Gasteiger partial charge in [-0.3, -0.25) is 14.4 Å². The Bertz CT molecular complexity index is 464. The third-order valence-electron chi connectivity index (χ3n) is 2.55. The SMILES string of the molecule is COC(=O)/C=C/C(=O)NC[C@H](N)C(=O)OCC(=O)C(C)(C)C. The van der Waals surface area contributed by atoms with Gasteiger partial charge in [-0.25, -0.2) is 4.79 Å². The summed E-state index contributed by atoms with van der Waals surface area (Å²) in [6.07, 6.45) is 1.88. The summed E-state index contributed by atoms with van der Waals surface area (Å²) in [5.74, 6) is -2.33. The second-order valence-corrected chi connectivity index (χ2v) is 5.49. The molecule has 124 valence electrons. The second-order valence-electron chi connectivity index (χ2n) is 5.49. The van der Waals surface area contributed by atoms with Crippen molar-refractivity contribution in [3.63, 3.8) is 0 Å². The molecular weight excluding hydrogens is 292 g/mol. The molecule has 22 heavy (non-hydrogen) atoms. The number of carbonyl (C=O) groups excluding carboxylic acids is 4. The van der Waals surface area contributed by atoms with Gasteiger partial charge in [-0.1, -0.05) is 20.8 Å². The van der Waals surface area contributed by atoms with Gasteiger partial charge < -0.3 is 20.5 Å². The molecule has 0 heterocycles. The lowest BCUT2D eigenvalue weighted by Crippen LogP contribution is -2.44. The van der Waals surface area contributed by atoms with Crippen molar-refractivity contribution in [3.05, 3.63) is 12.2 Å². The van der Waals surface area contributed by atoms with E-state index < -0.39 is 29.3 Å². The molecule has 8 nitrogen and oxygen atoms in total. The predicted molar refractivity (Wildman–Crippen MR) is 77.6 cm³/mol. The maximum atomic E-state index is 11.6. The van der Waals surface area contributed by atoms with Crippen molar-refractivity contribution in [3.8, 4) is 0 Å². The summed E-state index contributed by atoms with van der Waals surface area (Å²) in [5.41, 5.74) is 4.91. The Labute approximate surface area is 129 Å². The van der Waals surface area contributed by atoms with Crippen LogP contribution in [0.3, 0.4) is 0 Å². The van der Waals surface area contributed by atoms with Crippen LogP contribution < -0.4 is 11.1 Å². The molecule has 0 saturated carbocycles. The first-order chi connectivity index (χ1) is 10.1. The van der Waals surface area contributed by atoms with E-state index in [9.17, 15) is 19.2 Å². The van der Waals surface area contributed by atoms with Crippen LogP contribution in [0.15, 0.2) is 12.2 Å². The van der Waals surface area contributed by atoms with E-state index in [1.54, 1.807) is 20.8 Å². The van der Waals surface area contributed by atoms with E-state index in [0.717, 1.165) is 12.2 Å². The van der Waals surface area contributed by atoms with Crippen LogP contribution in [0, 0.1) is 5.41 Å². The van der Waals surface area contributed by atoms with Crippen LogP contribution in [0.2, 0.25) is 0 Å². The molecule has 0 aromatic carbocycles. The van der Waals surface area contributed by atoms with Gasteiger partial charge in [-0.05, 0) is 0 Å². The highest BCUT2D eigenvalue weighted by Gasteiger charge is 2.24. The average Bonchev–Trinajstić information content (AvgIpc) is 2.45. The maximum Gasteiger partial charge on any atom is 0.330 e. The molecule has 3 N–H and O–H groups in total. The Morgan fingerprint density at radius 1 is 1.18 bits per heavy atom. The zero-order valence-corrected chi connectivity index (χ0v) is 13.2. The Morgan fingerprint density at radius 3 is 2.27 bits per heavy atom. The number of Topliss-reactive ketones (excluding diaryl/α,β-unsaturated/α-hetero) is 1. The number of hydrogen-bond donors (Lipinski definition) is 2. The first-order valence-corrected chi connectivity index (χ1v) is 6.57. The molecule has 0 fully saturated rings. The normalized spacial score (nSPS) is 12.6. The monoisotopic (exact) mass is 314 g/mol. The Hall–Kier alpha value is -2.22. The predicted octanol–water partition coefficient (Wildman–Crippen LogP) is -0.682. The van der Waals surface area contributed by atoms with Crippen molar-refractivity contribution in [1.82, 2.24) is 5.32 Å². The van der Waals surface area contributed by atoms with Crippen molar-refractivity contribution >= 4 is 23.6 Å². The molecule has 0 saturated heterocycles. The van der Waals surface area contributed by atoms with Gasteiger partial charge in [0.15, 0.2) is 12.4 Å². The van der Waals surface area contributed by atoms with Crippen molar-refractivity contribution in [2.75, 3.05) is 20.3 Å². The number of esters is 2. The Morgan fingerprint density at radius 2 is 1.77 bits per heavy atom. The van der Waals surface area contributed by atoms with Gasteiger partial charge in [0, 0.05) is 24.1 Å². The molecule has 0 aromatic heterocycles. The number of nitrogens with one attached hydrogen (secondary N) is 1. The topological polar surface area (TPSA) is 125 Å². The molecule has 0 rings (SSSR count). The molecule has 0 aliphatic rings. The summed E-state index contributed by atoms with van der Waals surface area (Å²) in [7, 11) is 1.18. The van der Waals surface area contributed by atoms with Gasteiger partial charge in [-0.2, -0.15) is 0 Å². The van der Waals surface area contributed by atoms with E-state index in [0.29, 0.717) is 0 Å². The maximum absolute atomic E-state index is 11.6. The van der Waals surface area contributed by atoms with Crippen LogP contribution in [0.5, 0.6) is 0 Å². The summed E-state index contributed by atoms with van der Waals surface area (Å²) in [4.78, 5) is 45.2. The van der Waals surface area contributed by atoms with Crippen molar-refractivity contribution in [1.29, 1.82) is 0 Å². The second kappa shape index (κ2) is 8.93. The lowest BCUT2D eigenvalue weighted by Gasteiger charge is -2.17. The fraction of sp³-hybridized carbons (Fsp3) is 0.571. The molecule has 0 bridgehead atoms. The zero-order valence-electron chi connectivity index (χ0n) is 13.2. The summed E-state index contributed by atoms with van der Waals surface area (Å²) in [6, 6.07) is -1.11. The van der Waals surface area contributed by atoms with Crippen LogP contribution in [-0.4, -0.2) is 49.9 Å². The molecule has 8 heteroatoms. The molecule has 0 unspecified atom stereocenters. The van der Waals surface area contributed by atoms with Crippen LogP contribution in [0.4, 0.5) is 0 Å². The van der Waals surface area contributed by atoms with Gasteiger partial charge in [0.2, 0.25) is 5.91 Å². The highest BCUT2D eigenvalue weighted by atomic mass is 16.5. The Balaban J connectivity index is 4.16. The van der Waals surface area contributed by atoms with Gasteiger partial charge in [0.1, 0.15) is 6.04 Å². The van der Waals surface area contributed by atoms with Gasteiger partial charge in [0.05, 0.1) is 7.11 Å². The largest absolute Gasteiger partial charge is 0.466 e. The van der Waals surface area contributed by atoms with Gasteiger partial charge in [-0.15, -0.1) is 0 Å². The molecule has 0 spiro atoms. The third kappa shape index (κ3) is 8.15. The summed E-state index contributed by atoms with van der Waals surface area (Å²) >= 11 is 0. The van der Waals surface area contributed by atoms with E-state index in [4.69, 9.17) is 10.5 Å². The van der Waals surface area contributed by atoms with Crippen LogP contribution in [-0.2, 0) is 28.7 Å². The van der Waals surface area contributed by atoms with E-state index in [1.165, 1.54) is 7.11 Å². The molecule has 1 atom stereocenters. The number of ether oxygens (including phenoxy) is 2. The van der Waals surface area contributed by atoms with Gasteiger partial charge in [0.25, 0.3) is 0 Å². The average molecular weight is 314 g/mol. The molecule has 0 aliphatic carbocycles. The number of nitrogens with two attached hydrogens (primary N) is 1. The summed E-state index contributed by atoms with van der Waals surface area (Å²) in [5, 5.41) is 2.32. The quantitative estimate of drug-likeness (QED) is 0.471. The number of hydrogen-bond acceptors (Lipinski definition) is 7. The molecule has 0 aromatic rings. The Kier molecular flexibility index (Phi) is 8.03. The number of carbonyl (C=O) groups is 4.